The fraction of sp³-hybridized carbons (Fsp3) is 0.391. The monoisotopic (exact) mass is 461 g/mol. The Morgan fingerprint density at radius 3 is 2.12 bits per heavy atom. The topological polar surface area (TPSA) is 114 Å². The predicted octanol–water partition coefficient (Wildman–Crippen LogP) is 1.96. The lowest BCUT2D eigenvalue weighted by Gasteiger charge is -2.19. The maximum Gasteiger partial charge on any atom is 0.251 e. The van der Waals surface area contributed by atoms with E-state index in [1.54, 1.807) is 36.4 Å². The molecule has 0 bridgehead atoms. The zero-order valence-corrected chi connectivity index (χ0v) is 19.7. The first-order valence-electron chi connectivity index (χ1n) is 10.3. The molecule has 3 N–H and O–H groups in total. The average molecular weight is 462 g/mol. The van der Waals surface area contributed by atoms with Crippen LogP contribution in [0.25, 0.3) is 0 Å². The van der Waals surface area contributed by atoms with Crippen LogP contribution in [0.5, 0.6) is 0 Å². The molecule has 0 fully saturated rings. The number of ether oxygens (including phenoxy) is 1. The smallest absolute Gasteiger partial charge is 0.251 e. The Bertz CT molecular complexity index is 1010. The largest absolute Gasteiger partial charge is 0.383 e. The van der Waals surface area contributed by atoms with Crippen LogP contribution in [0.4, 0.5) is 0 Å². The Kier molecular flexibility index (Phi) is 8.94. The van der Waals surface area contributed by atoms with Gasteiger partial charge >= 0.3 is 0 Å². The van der Waals surface area contributed by atoms with Gasteiger partial charge in [0.2, 0.25) is 15.9 Å². The van der Waals surface area contributed by atoms with Crippen LogP contribution in [0, 0.1) is 0 Å². The summed E-state index contributed by atoms with van der Waals surface area (Å²) in [6, 6.07) is 13.3. The van der Waals surface area contributed by atoms with Crippen molar-refractivity contribution in [3.05, 3.63) is 65.2 Å². The Morgan fingerprint density at radius 1 is 0.938 bits per heavy atom. The summed E-state index contributed by atoms with van der Waals surface area (Å²) in [5, 5.41) is 5.14. The number of rotatable bonds is 10. The lowest BCUT2D eigenvalue weighted by molar-refractivity contribution is -0.120. The van der Waals surface area contributed by atoms with Crippen LogP contribution >= 0.6 is 0 Å². The molecular formula is C23H31N3O5S. The minimum Gasteiger partial charge on any atom is -0.383 e. The standard InChI is InChI=1S/C23H31N3O5S/c1-23(2,3)19-9-11-20(12-10-19)32(29,30)26-15-17-5-7-18(8-6-17)22(28)25-16-21(27)24-13-14-31-4/h5-12,26H,13-16H2,1-4H3,(H,24,27)(H,25,28). The summed E-state index contributed by atoms with van der Waals surface area (Å²) >= 11 is 0. The van der Waals surface area contributed by atoms with Gasteiger partial charge in [-0.1, -0.05) is 45.0 Å². The Morgan fingerprint density at radius 2 is 1.56 bits per heavy atom. The maximum atomic E-state index is 12.6. The third-order valence-electron chi connectivity index (χ3n) is 4.75. The van der Waals surface area contributed by atoms with Gasteiger partial charge < -0.3 is 15.4 Å². The van der Waals surface area contributed by atoms with E-state index in [4.69, 9.17) is 4.74 Å². The van der Waals surface area contributed by atoms with Crippen molar-refractivity contribution in [3.63, 3.8) is 0 Å². The van der Waals surface area contributed by atoms with Gasteiger partial charge in [0.15, 0.2) is 0 Å². The van der Waals surface area contributed by atoms with Crippen molar-refractivity contribution >= 4 is 21.8 Å². The summed E-state index contributed by atoms with van der Waals surface area (Å²) in [6.45, 7) is 6.92. The third-order valence-corrected chi connectivity index (χ3v) is 6.17. The quantitative estimate of drug-likeness (QED) is 0.468. The fourth-order valence-electron chi connectivity index (χ4n) is 2.79. The molecule has 0 radical (unpaired) electrons. The van der Waals surface area contributed by atoms with Gasteiger partial charge in [-0.15, -0.1) is 0 Å². The van der Waals surface area contributed by atoms with Crippen molar-refractivity contribution < 1.29 is 22.7 Å². The van der Waals surface area contributed by atoms with Gasteiger partial charge in [0.05, 0.1) is 18.0 Å². The molecule has 0 aliphatic rings. The summed E-state index contributed by atoms with van der Waals surface area (Å²) in [5.74, 6) is -0.699. The van der Waals surface area contributed by atoms with Crippen molar-refractivity contribution in [3.8, 4) is 0 Å². The second kappa shape index (κ2) is 11.2. The Balaban J connectivity index is 1.89. The van der Waals surface area contributed by atoms with Gasteiger partial charge in [-0.2, -0.15) is 0 Å². The van der Waals surface area contributed by atoms with Gasteiger partial charge in [-0.3, -0.25) is 9.59 Å². The van der Waals surface area contributed by atoms with E-state index in [-0.39, 0.29) is 29.3 Å². The predicted molar refractivity (Wildman–Crippen MR) is 123 cm³/mol. The molecule has 0 saturated carbocycles. The van der Waals surface area contributed by atoms with Crippen LogP contribution in [0.3, 0.4) is 0 Å². The Labute approximate surface area is 189 Å². The van der Waals surface area contributed by atoms with E-state index in [0.29, 0.717) is 24.3 Å². The molecule has 0 atom stereocenters. The molecular weight excluding hydrogens is 430 g/mol. The van der Waals surface area contributed by atoms with Gasteiger partial charge in [-0.25, -0.2) is 13.1 Å². The molecule has 2 aromatic rings. The van der Waals surface area contributed by atoms with Crippen molar-refractivity contribution in [2.24, 2.45) is 0 Å². The molecule has 0 spiro atoms. The molecule has 0 aliphatic heterocycles. The number of amides is 2. The molecule has 174 valence electrons. The van der Waals surface area contributed by atoms with Crippen LogP contribution in [0.15, 0.2) is 53.4 Å². The van der Waals surface area contributed by atoms with Gasteiger partial charge in [0, 0.05) is 25.8 Å². The number of carbonyl (C=O) groups excluding carboxylic acids is 2. The molecule has 2 amide bonds. The molecule has 0 unspecified atom stereocenters. The van der Waals surface area contributed by atoms with E-state index in [1.807, 2.05) is 12.1 Å². The van der Waals surface area contributed by atoms with Gasteiger partial charge in [0.25, 0.3) is 5.91 Å². The SMILES string of the molecule is COCCNC(=O)CNC(=O)c1ccc(CNS(=O)(=O)c2ccc(C(C)(C)C)cc2)cc1. The number of sulfonamides is 1. The number of methoxy groups -OCH3 is 1. The van der Waals surface area contributed by atoms with Crippen molar-refractivity contribution in [2.45, 2.75) is 37.6 Å². The van der Waals surface area contributed by atoms with Crippen LogP contribution in [0.1, 0.15) is 42.3 Å². The summed E-state index contributed by atoms with van der Waals surface area (Å²) in [5.41, 5.74) is 2.07. The zero-order valence-electron chi connectivity index (χ0n) is 18.9. The summed E-state index contributed by atoms with van der Waals surface area (Å²) in [4.78, 5) is 24.0. The molecule has 0 saturated heterocycles. The third kappa shape index (κ3) is 7.74. The van der Waals surface area contributed by atoms with E-state index in [0.717, 1.165) is 5.56 Å². The highest BCUT2D eigenvalue weighted by Crippen LogP contribution is 2.23. The van der Waals surface area contributed by atoms with E-state index in [1.165, 1.54) is 7.11 Å². The van der Waals surface area contributed by atoms with Gasteiger partial charge in [0.1, 0.15) is 0 Å². The van der Waals surface area contributed by atoms with Crippen LogP contribution in [0.2, 0.25) is 0 Å². The molecule has 0 aromatic heterocycles. The maximum absolute atomic E-state index is 12.6. The normalized spacial score (nSPS) is 11.8. The molecule has 0 heterocycles. The first-order valence-corrected chi connectivity index (χ1v) is 11.7. The highest BCUT2D eigenvalue weighted by Gasteiger charge is 2.17. The van der Waals surface area contributed by atoms with Crippen molar-refractivity contribution in [2.75, 3.05) is 26.8 Å². The minimum atomic E-state index is -3.66. The molecule has 32 heavy (non-hydrogen) atoms. The second-order valence-corrected chi connectivity index (χ2v) is 10.1. The number of carbonyl (C=O) groups is 2. The molecule has 8 nitrogen and oxygen atoms in total. The van der Waals surface area contributed by atoms with E-state index in [2.05, 4.69) is 36.1 Å². The van der Waals surface area contributed by atoms with E-state index in [9.17, 15) is 18.0 Å². The summed E-state index contributed by atoms with van der Waals surface area (Å²) in [6.07, 6.45) is 0. The molecule has 9 heteroatoms. The highest BCUT2D eigenvalue weighted by molar-refractivity contribution is 7.89. The number of benzene rings is 2. The summed E-state index contributed by atoms with van der Waals surface area (Å²) < 4.78 is 32.5. The zero-order chi connectivity index (χ0) is 23.8. The lowest BCUT2D eigenvalue weighted by atomic mass is 9.87. The molecule has 2 aromatic carbocycles. The van der Waals surface area contributed by atoms with E-state index < -0.39 is 15.9 Å². The Hall–Kier alpha value is -2.75. The molecule has 0 aliphatic carbocycles. The number of hydrogen-bond acceptors (Lipinski definition) is 5. The van der Waals surface area contributed by atoms with Crippen molar-refractivity contribution in [1.82, 2.24) is 15.4 Å². The van der Waals surface area contributed by atoms with Gasteiger partial charge in [-0.05, 0) is 40.8 Å². The minimum absolute atomic E-state index is 0.0580. The van der Waals surface area contributed by atoms with Crippen LogP contribution < -0.4 is 15.4 Å². The summed E-state index contributed by atoms with van der Waals surface area (Å²) in [7, 11) is -2.12. The second-order valence-electron chi connectivity index (χ2n) is 8.32. The van der Waals surface area contributed by atoms with E-state index >= 15 is 0 Å². The fourth-order valence-corrected chi connectivity index (χ4v) is 3.81. The molecule has 2 rings (SSSR count). The van der Waals surface area contributed by atoms with Crippen molar-refractivity contribution in [1.29, 1.82) is 0 Å². The number of nitrogens with one attached hydrogen (secondary N) is 3. The first kappa shape index (κ1) is 25.5. The number of hydrogen-bond donors (Lipinski definition) is 3. The lowest BCUT2D eigenvalue weighted by Crippen LogP contribution is -2.38. The van der Waals surface area contributed by atoms with Crippen LogP contribution in [-0.4, -0.2) is 47.0 Å². The van der Waals surface area contributed by atoms with Crippen LogP contribution in [-0.2, 0) is 31.5 Å². The highest BCUT2D eigenvalue weighted by atomic mass is 32.2. The average Bonchev–Trinajstić information content (AvgIpc) is 2.76. The first-order chi connectivity index (χ1) is 15.0.